The van der Waals surface area contributed by atoms with Crippen molar-refractivity contribution in [3.8, 4) is 0 Å². The summed E-state index contributed by atoms with van der Waals surface area (Å²) in [7, 11) is 0. The van der Waals surface area contributed by atoms with Crippen LogP contribution < -0.4 is 5.32 Å². The molecule has 0 bridgehead atoms. The van der Waals surface area contributed by atoms with Gasteiger partial charge in [0.05, 0.1) is 0 Å². The van der Waals surface area contributed by atoms with E-state index in [1.54, 1.807) is 6.07 Å². The molecule has 0 saturated heterocycles. The molecular formula is C18H26N2O4Sn. The number of hydrogen-bond donors (Lipinski definition) is 4. The van der Waals surface area contributed by atoms with Gasteiger partial charge in [-0.05, 0) is 24.5 Å². The Labute approximate surface area is 152 Å². The third-order valence-corrected chi connectivity index (χ3v) is 3.64. The molecule has 0 aliphatic heterocycles. The Kier molecular flexibility index (Phi) is 6.51. The van der Waals surface area contributed by atoms with E-state index in [-0.39, 0.29) is 5.91 Å². The maximum absolute atomic E-state index is 12.1. The molecule has 6 nitrogen and oxygen atoms in total. The van der Waals surface area contributed by atoms with Crippen LogP contribution in [0.4, 0.5) is 0 Å². The topological polar surface area (TPSA) is 102 Å². The van der Waals surface area contributed by atoms with Crippen molar-refractivity contribution in [2.75, 3.05) is 0 Å². The number of aliphatic carboxylic acids is 1. The molecular weight excluding hydrogens is 427 g/mol. The maximum atomic E-state index is 12.1. The fourth-order valence-electron chi connectivity index (χ4n) is 2.34. The van der Waals surface area contributed by atoms with Gasteiger partial charge in [-0.3, -0.25) is 4.79 Å². The van der Waals surface area contributed by atoms with E-state index in [1.807, 2.05) is 39.1 Å². The number of amides is 1. The van der Waals surface area contributed by atoms with Crippen molar-refractivity contribution in [1.82, 2.24) is 10.3 Å². The molecule has 1 fully saturated rings. The fraction of sp³-hybridized carbons (Fsp3) is 0.444. The summed E-state index contributed by atoms with van der Waals surface area (Å²) in [4.78, 5) is 32.2. The van der Waals surface area contributed by atoms with Crippen LogP contribution in [-0.4, -0.2) is 50.2 Å². The van der Waals surface area contributed by atoms with Crippen LogP contribution in [0.3, 0.4) is 0 Å². The van der Waals surface area contributed by atoms with Crippen molar-refractivity contribution in [2.45, 2.75) is 40.1 Å². The van der Waals surface area contributed by atoms with Gasteiger partial charge in [-0.15, -0.1) is 0 Å². The first-order valence-corrected chi connectivity index (χ1v) is 18.3. The van der Waals surface area contributed by atoms with E-state index in [9.17, 15) is 9.59 Å². The predicted molar refractivity (Wildman–Crippen MR) is 100 cm³/mol. The minimum atomic E-state index is -2.18. The zero-order valence-electron chi connectivity index (χ0n) is 14.9. The van der Waals surface area contributed by atoms with E-state index in [2.05, 4.69) is 10.3 Å². The predicted octanol–water partition coefficient (Wildman–Crippen LogP) is 2.96. The number of nitrogens with one attached hydrogen (secondary N) is 2. The summed E-state index contributed by atoms with van der Waals surface area (Å²) in [6.45, 7) is 0. The summed E-state index contributed by atoms with van der Waals surface area (Å²) in [6, 6.07) is 8.49. The van der Waals surface area contributed by atoms with Crippen LogP contribution in [0.25, 0.3) is 10.9 Å². The molecule has 1 heterocycles. The third-order valence-electron chi connectivity index (χ3n) is 3.64. The Balaban J connectivity index is 0.000000399. The van der Waals surface area contributed by atoms with Gasteiger partial charge in [0.15, 0.2) is 0 Å². The van der Waals surface area contributed by atoms with Gasteiger partial charge >= 0.3 is 43.0 Å². The number of carboxylic acid groups (broad SMARTS) is 1. The van der Waals surface area contributed by atoms with Crippen LogP contribution in [0.5, 0.6) is 0 Å². The second-order valence-electron chi connectivity index (χ2n) is 7.48. The SMILES string of the molecule is O=C(NC(CC1CC1)C(=O)O)c1cc2ccccc2[nH]1.[CH3][Sn]([CH3])([CH3])[OH]. The molecule has 1 unspecified atom stereocenters. The number of carboxylic acids is 1. The monoisotopic (exact) mass is 454 g/mol. The molecule has 0 spiro atoms. The first-order valence-electron chi connectivity index (χ1n) is 8.47. The summed E-state index contributed by atoms with van der Waals surface area (Å²) in [5.41, 5.74) is 1.26. The first kappa shape index (κ1) is 19.8. The number of benzene rings is 1. The van der Waals surface area contributed by atoms with Crippen molar-refractivity contribution in [2.24, 2.45) is 5.92 Å². The Morgan fingerprint density at radius 2 is 1.88 bits per heavy atom. The number of aromatic nitrogens is 1. The second-order valence-corrected chi connectivity index (χ2v) is 19.9. The standard InChI is InChI=1S/C15H16N2O3.3CH3.H2O.Sn/c18-14(17-13(15(19)20)7-9-5-6-9)12-8-10-3-1-2-4-11(10)16-12;;;;;/h1-4,8-9,13,16H,5-7H2,(H,17,18)(H,19,20);3*1H3;1H2;/q;;;;;+1/p-1. The number of carbonyl (C=O) groups excluding carboxylic acids is 1. The summed E-state index contributed by atoms with van der Waals surface area (Å²) in [5.74, 6) is -0.894. The molecule has 4 N–H and O–H groups in total. The molecule has 1 atom stereocenters. The van der Waals surface area contributed by atoms with Crippen LogP contribution in [0.15, 0.2) is 30.3 Å². The van der Waals surface area contributed by atoms with Crippen molar-refractivity contribution in [3.63, 3.8) is 0 Å². The second kappa shape index (κ2) is 8.23. The van der Waals surface area contributed by atoms with Gasteiger partial charge < -0.3 is 15.4 Å². The number of hydrogen-bond acceptors (Lipinski definition) is 3. The van der Waals surface area contributed by atoms with Crippen LogP contribution in [0.1, 0.15) is 29.8 Å². The van der Waals surface area contributed by atoms with E-state index in [4.69, 9.17) is 8.55 Å². The third kappa shape index (κ3) is 7.07. The van der Waals surface area contributed by atoms with Gasteiger partial charge in [-0.2, -0.15) is 0 Å². The number of rotatable bonds is 5. The van der Waals surface area contributed by atoms with Crippen molar-refractivity contribution >= 4 is 41.6 Å². The van der Waals surface area contributed by atoms with E-state index < -0.39 is 30.8 Å². The molecule has 25 heavy (non-hydrogen) atoms. The Bertz CT molecular complexity index is 708. The van der Waals surface area contributed by atoms with Gasteiger partial charge in [0.1, 0.15) is 11.7 Å². The average Bonchev–Trinajstić information content (AvgIpc) is 3.20. The zero-order chi connectivity index (χ0) is 18.6. The van der Waals surface area contributed by atoms with Crippen LogP contribution in [0.2, 0.25) is 14.8 Å². The number of carbonyl (C=O) groups is 2. The van der Waals surface area contributed by atoms with Gasteiger partial charge in [-0.25, -0.2) is 4.79 Å². The quantitative estimate of drug-likeness (QED) is 0.523. The van der Waals surface area contributed by atoms with E-state index in [1.165, 1.54) is 0 Å². The normalized spacial score (nSPS) is 15.2. The first-order chi connectivity index (χ1) is 11.6. The molecule has 136 valence electrons. The number of fused-ring (bicyclic) bond motifs is 1. The molecule has 0 radical (unpaired) electrons. The zero-order valence-corrected chi connectivity index (χ0v) is 17.7. The molecule has 2 aromatic rings. The average molecular weight is 453 g/mol. The van der Waals surface area contributed by atoms with Crippen LogP contribution >= 0.6 is 0 Å². The Morgan fingerprint density at radius 3 is 2.40 bits per heavy atom. The molecule has 1 aromatic carbocycles. The molecule has 1 saturated carbocycles. The number of H-pyrrole nitrogens is 1. The molecule has 1 aliphatic rings. The number of aromatic amines is 1. The van der Waals surface area contributed by atoms with Gasteiger partial charge in [-0.1, -0.05) is 31.0 Å². The summed E-state index contributed by atoms with van der Waals surface area (Å²) in [6.07, 6.45) is 2.64. The molecule has 3 rings (SSSR count). The van der Waals surface area contributed by atoms with Crippen molar-refractivity contribution in [3.05, 3.63) is 36.0 Å². The van der Waals surface area contributed by atoms with Gasteiger partial charge in [0, 0.05) is 10.9 Å². The van der Waals surface area contributed by atoms with E-state index in [0.29, 0.717) is 18.0 Å². The summed E-state index contributed by atoms with van der Waals surface area (Å²) in [5, 5.41) is 12.7. The molecule has 1 aromatic heterocycles. The Hall–Kier alpha value is -1.54. The Morgan fingerprint density at radius 1 is 1.28 bits per heavy atom. The van der Waals surface area contributed by atoms with Crippen LogP contribution in [-0.2, 0) is 4.79 Å². The molecule has 1 amide bonds. The van der Waals surface area contributed by atoms with Gasteiger partial charge in [0.2, 0.25) is 0 Å². The van der Waals surface area contributed by atoms with E-state index >= 15 is 0 Å². The summed E-state index contributed by atoms with van der Waals surface area (Å²) >= 11 is -2.18. The van der Waals surface area contributed by atoms with Crippen LogP contribution in [0, 0.1) is 5.92 Å². The molecule has 1 aliphatic carbocycles. The molecule has 7 heteroatoms. The number of para-hydroxylation sites is 1. The summed E-state index contributed by atoms with van der Waals surface area (Å²) < 4.78 is 8.73. The van der Waals surface area contributed by atoms with E-state index in [0.717, 1.165) is 23.7 Å². The van der Waals surface area contributed by atoms with Crippen molar-refractivity contribution < 1.29 is 18.1 Å². The van der Waals surface area contributed by atoms with Crippen molar-refractivity contribution in [1.29, 1.82) is 0 Å². The van der Waals surface area contributed by atoms with Gasteiger partial charge in [0.25, 0.3) is 5.91 Å². The fourth-order valence-corrected chi connectivity index (χ4v) is 2.34. The minimum absolute atomic E-state index is 0.366.